The minimum atomic E-state index is -0.908. The molecule has 1 saturated heterocycles. The fourth-order valence-electron chi connectivity index (χ4n) is 3.56. The summed E-state index contributed by atoms with van der Waals surface area (Å²) in [6.45, 7) is 0.862. The third kappa shape index (κ3) is 4.80. The predicted molar refractivity (Wildman–Crippen MR) is 107 cm³/mol. The van der Waals surface area contributed by atoms with Crippen molar-refractivity contribution in [1.82, 2.24) is 4.90 Å². The van der Waals surface area contributed by atoms with Gasteiger partial charge in [0.05, 0.1) is 20.6 Å². The summed E-state index contributed by atoms with van der Waals surface area (Å²) >= 11 is 0. The van der Waals surface area contributed by atoms with Crippen LogP contribution in [0.25, 0.3) is 0 Å². The van der Waals surface area contributed by atoms with Crippen LogP contribution >= 0.6 is 0 Å². The van der Waals surface area contributed by atoms with Crippen molar-refractivity contribution >= 4 is 11.9 Å². The minimum absolute atomic E-state index is 0.0573. The molecule has 1 N–H and O–H groups in total. The van der Waals surface area contributed by atoms with Gasteiger partial charge >= 0.3 is 5.97 Å². The van der Waals surface area contributed by atoms with Gasteiger partial charge in [-0.3, -0.25) is 9.59 Å². The molecular weight excluding hydrogens is 374 g/mol. The fourth-order valence-corrected chi connectivity index (χ4v) is 3.56. The molecular formula is C22H25NO6. The lowest BCUT2D eigenvalue weighted by Crippen LogP contribution is -2.36. The lowest BCUT2D eigenvalue weighted by atomic mass is 10.1. The van der Waals surface area contributed by atoms with Gasteiger partial charge in [-0.2, -0.15) is 0 Å². The summed E-state index contributed by atoms with van der Waals surface area (Å²) in [6.07, 6.45) is 1.42. The molecule has 1 aliphatic heterocycles. The Labute approximate surface area is 169 Å². The molecule has 2 aromatic carbocycles. The molecule has 2 aromatic rings. The van der Waals surface area contributed by atoms with Gasteiger partial charge in [0, 0.05) is 18.2 Å². The number of ether oxygens (including phenoxy) is 3. The lowest BCUT2D eigenvalue weighted by molar-refractivity contribution is -0.137. The van der Waals surface area contributed by atoms with Crippen LogP contribution in [-0.2, 0) is 11.4 Å². The topological polar surface area (TPSA) is 85.3 Å². The number of benzene rings is 2. The van der Waals surface area contributed by atoms with Gasteiger partial charge in [0.25, 0.3) is 5.91 Å². The number of carbonyl (C=O) groups is 2. The lowest BCUT2D eigenvalue weighted by Gasteiger charge is -2.24. The molecule has 7 heteroatoms. The highest BCUT2D eigenvalue weighted by Gasteiger charge is 2.32. The van der Waals surface area contributed by atoms with Gasteiger partial charge in [0.1, 0.15) is 6.61 Å². The number of carbonyl (C=O) groups excluding carboxylic acids is 1. The summed E-state index contributed by atoms with van der Waals surface area (Å²) in [7, 11) is 3.00. The fraction of sp³-hybridized carbons (Fsp3) is 0.364. The Morgan fingerprint density at radius 3 is 2.34 bits per heavy atom. The number of likely N-dealkylation sites (tertiary alicyclic amines) is 1. The second kappa shape index (κ2) is 9.32. The summed E-state index contributed by atoms with van der Waals surface area (Å²) in [6, 6.07) is 12.6. The first kappa shape index (κ1) is 20.5. The number of amides is 1. The summed E-state index contributed by atoms with van der Waals surface area (Å²) in [4.78, 5) is 25.8. The SMILES string of the molecule is COc1cc(C(=O)N2CCCC2CC(=O)O)cc(OC)c1OCc1ccccc1. The van der Waals surface area contributed by atoms with Crippen LogP contribution in [0.1, 0.15) is 35.2 Å². The number of nitrogens with zero attached hydrogens (tertiary/aromatic N) is 1. The normalized spacial score (nSPS) is 15.8. The van der Waals surface area contributed by atoms with Crippen LogP contribution < -0.4 is 14.2 Å². The Balaban J connectivity index is 1.85. The monoisotopic (exact) mass is 399 g/mol. The summed E-state index contributed by atoms with van der Waals surface area (Å²) < 4.78 is 16.8. The molecule has 0 saturated carbocycles. The van der Waals surface area contributed by atoms with Crippen molar-refractivity contribution in [3.05, 3.63) is 53.6 Å². The van der Waals surface area contributed by atoms with Crippen molar-refractivity contribution < 1.29 is 28.9 Å². The van der Waals surface area contributed by atoms with E-state index in [0.717, 1.165) is 12.0 Å². The highest BCUT2D eigenvalue weighted by atomic mass is 16.5. The van der Waals surface area contributed by atoms with Crippen molar-refractivity contribution in [1.29, 1.82) is 0 Å². The van der Waals surface area contributed by atoms with Crippen molar-refractivity contribution in [3.63, 3.8) is 0 Å². The highest BCUT2D eigenvalue weighted by Crippen LogP contribution is 2.40. The third-order valence-electron chi connectivity index (χ3n) is 4.98. The van der Waals surface area contributed by atoms with Crippen molar-refractivity contribution in [3.8, 4) is 17.2 Å². The van der Waals surface area contributed by atoms with Gasteiger partial charge in [-0.25, -0.2) is 0 Å². The van der Waals surface area contributed by atoms with E-state index in [-0.39, 0.29) is 18.4 Å². The van der Waals surface area contributed by atoms with Crippen LogP contribution in [0.5, 0.6) is 17.2 Å². The molecule has 3 rings (SSSR count). The van der Waals surface area contributed by atoms with E-state index >= 15 is 0 Å². The minimum Gasteiger partial charge on any atom is -0.493 e. The predicted octanol–water partition coefficient (Wildman–Crippen LogP) is 3.36. The molecule has 154 valence electrons. The van der Waals surface area contributed by atoms with E-state index in [0.29, 0.717) is 42.4 Å². The van der Waals surface area contributed by atoms with E-state index in [1.165, 1.54) is 14.2 Å². The van der Waals surface area contributed by atoms with Crippen LogP contribution in [0.15, 0.2) is 42.5 Å². The molecule has 1 atom stereocenters. The number of hydrogen-bond acceptors (Lipinski definition) is 5. The molecule has 0 radical (unpaired) electrons. The maximum absolute atomic E-state index is 13.0. The molecule has 1 fully saturated rings. The number of carboxylic acid groups (broad SMARTS) is 1. The Morgan fingerprint density at radius 1 is 1.10 bits per heavy atom. The number of aliphatic carboxylic acids is 1. The maximum atomic E-state index is 13.0. The zero-order chi connectivity index (χ0) is 20.8. The Hall–Kier alpha value is -3.22. The zero-order valence-corrected chi connectivity index (χ0v) is 16.6. The van der Waals surface area contributed by atoms with Gasteiger partial charge in [0.2, 0.25) is 5.75 Å². The molecule has 1 amide bonds. The first-order valence-corrected chi connectivity index (χ1v) is 9.49. The van der Waals surface area contributed by atoms with E-state index in [4.69, 9.17) is 19.3 Å². The summed E-state index contributed by atoms with van der Waals surface area (Å²) in [5.41, 5.74) is 1.37. The Kier molecular flexibility index (Phi) is 6.59. The summed E-state index contributed by atoms with van der Waals surface area (Å²) in [5, 5.41) is 9.10. The van der Waals surface area contributed by atoms with Crippen molar-refractivity contribution in [2.75, 3.05) is 20.8 Å². The molecule has 1 heterocycles. The second-order valence-corrected chi connectivity index (χ2v) is 6.88. The van der Waals surface area contributed by atoms with Crippen LogP contribution in [0, 0.1) is 0 Å². The highest BCUT2D eigenvalue weighted by molar-refractivity contribution is 5.96. The quantitative estimate of drug-likeness (QED) is 0.733. The van der Waals surface area contributed by atoms with Crippen LogP contribution in [0.4, 0.5) is 0 Å². The van der Waals surface area contributed by atoms with Crippen LogP contribution in [-0.4, -0.2) is 48.7 Å². The molecule has 1 unspecified atom stereocenters. The third-order valence-corrected chi connectivity index (χ3v) is 4.98. The second-order valence-electron chi connectivity index (χ2n) is 6.88. The molecule has 1 aliphatic rings. The first-order chi connectivity index (χ1) is 14.0. The van der Waals surface area contributed by atoms with Crippen molar-refractivity contribution in [2.45, 2.75) is 31.9 Å². The summed E-state index contributed by atoms with van der Waals surface area (Å²) in [5.74, 6) is 0.0450. The van der Waals surface area contributed by atoms with Gasteiger partial charge in [0.15, 0.2) is 11.5 Å². The molecule has 0 aliphatic carbocycles. The maximum Gasteiger partial charge on any atom is 0.305 e. The van der Waals surface area contributed by atoms with E-state index in [2.05, 4.69) is 0 Å². The average Bonchev–Trinajstić information content (AvgIpc) is 3.19. The van der Waals surface area contributed by atoms with Crippen molar-refractivity contribution in [2.24, 2.45) is 0 Å². The molecule has 0 aromatic heterocycles. The molecule has 0 spiro atoms. The Bertz CT molecular complexity index is 842. The van der Waals surface area contributed by atoms with Gasteiger partial charge in [-0.1, -0.05) is 30.3 Å². The number of hydrogen-bond donors (Lipinski definition) is 1. The number of rotatable bonds is 8. The number of carboxylic acids is 1. The zero-order valence-electron chi connectivity index (χ0n) is 16.6. The van der Waals surface area contributed by atoms with Gasteiger partial charge in [-0.15, -0.1) is 0 Å². The van der Waals surface area contributed by atoms with Crippen LogP contribution in [0.2, 0.25) is 0 Å². The average molecular weight is 399 g/mol. The van der Waals surface area contributed by atoms with Gasteiger partial charge < -0.3 is 24.2 Å². The molecule has 0 bridgehead atoms. The molecule has 29 heavy (non-hydrogen) atoms. The van der Waals surface area contributed by atoms with Crippen LogP contribution in [0.3, 0.4) is 0 Å². The molecule has 7 nitrogen and oxygen atoms in total. The Morgan fingerprint density at radius 2 is 1.76 bits per heavy atom. The number of methoxy groups -OCH3 is 2. The first-order valence-electron chi connectivity index (χ1n) is 9.49. The van der Waals surface area contributed by atoms with E-state index in [1.54, 1.807) is 17.0 Å². The standard InChI is InChI=1S/C22H25NO6/c1-27-18-11-16(22(26)23-10-6-9-17(23)13-20(24)25)12-19(28-2)21(18)29-14-15-7-4-3-5-8-15/h3-5,7-8,11-12,17H,6,9-10,13-14H2,1-2H3,(H,24,25). The van der Waals surface area contributed by atoms with Gasteiger partial charge in [-0.05, 0) is 30.5 Å². The largest absolute Gasteiger partial charge is 0.493 e. The smallest absolute Gasteiger partial charge is 0.305 e. The van der Waals surface area contributed by atoms with E-state index < -0.39 is 5.97 Å². The van der Waals surface area contributed by atoms with E-state index in [9.17, 15) is 9.59 Å². The van der Waals surface area contributed by atoms with E-state index in [1.807, 2.05) is 30.3 Å².